The number of carbonyl (C=O) groups is 1. The summed E-state index contributed by atoms with van der Waals surface area (Å²) in [5.74, 6) is 0.803. The van der Waals surface area contributed by atoms with Crippen molar-refractivity contribution in [3.8, 4) is 28.4 Å². The van der Waals surface area contributed by atoms with Crippen molar-refractivity contribution in [3.05, 3.63) is 59.4 Å². The normalized spacial score (nSPS) is 12.7. The van der Waals surface area contributed by atoms with E-state index in [0.717, 1.165) is 21.9 Å². The van der Waals surface area contributed by atoms with Gasteiger partial charge in [-0.2, -0.15) is 0 Å². The van der Waals surface area contributed by atoms with Crippen LogP contribution < -0.4 is 14.2 Å². The van der Waals surface area contributed by atoms with E-state index in [0.29, 0.717) is 28.4 Å². The number of aliphatic hydroxyl groups excluding tert-OH is 1. The number of ketones is 1. The minimum atomic E-state index is -0.400. The molecule has 1 aliphatic carbocycles. The molecule has 136 valence electrons. The van der Waals surface area contributed by atoms with Gasteiger partial charge in [-0.3, -0.25) is 4.79 Å². The van der Waals surface area contributed by atoms with Crippen molar-refractivity contribution >= 4 is 22.6 Å². The van der Waals surface area contributed by atoms with Gasteiger partial charge in [-0.25, -0.2) is 0 Å². The van der Waals surface area contributed by atoms with Gasteiger partial charge in [0.05, 0.1) is 21.3 Å². The zero-order chi connectivity index (χ0) is 19.1. The third-order valence-electron chi connectivity index (χ3n) is 4.81. The Balaban J connectivity index is 2.06. The highest BCUT2D eigenvalue weighted by Crippen LogP contribution is 2.44. The SMILES string of the molecule is COc1cc(-c2ccc3cccc4c3c2C(=O)C(O)=C4)cc(OC)c1OC. The molecule has 5 nitrogen and oxygen atoms in total. The Hall–Kier alpha value is -3.47. The van der Waals surface area contributed by atoms with E-state index in [1.54, 1.807) is 33.5 Å². The number of aliphatic hydroxyl groups is 1. The van der Waals surface area contributed by atoms with Crippen LogP contribution >= 0.6 is 0 Å². The molecule has 0 atom stereocenters. The fraction of sp³-hybridized carbons (Fsp3) is 0.136. The second-order valence-corrected chi connectivity index (χ2v) is 6.21. The van der Waals surface area contributed by atoms with Gasteiger partial charge >= 0.3 is 0 Å². The maximum absolute atomic E-state index is 12.8. The standard InChI is InChI=1S/C22H18O5/c1-25-17-10-14(11-18(26-2)22(17)27-3)15-8-7-12-5-4-6-13-9-16(23)21(24)20(15)19(12)13/h4-11,23H,1-3H3. The van der Waals surface area contributed by atoms with Crippen LogP contribution in [-0.4, -0.2) is 32.2 Å². The predicted molar refractivity (Wildman–Crippen MR) is 104 cm³/mol. The maximum atomic E-state index is 12.8. The van der Waals surface area contributed by atoms with Crippen LogP contribution in [0.5, 0.6) is 17.2 Å². The van der Waals surface area contributed by atoms with Crippen LogP contribution in [0.1, 0.15) is 15.9 Å². The van der Waals surface area contributed by atoms with E-state index in [1.807, 2.05) is 30.3 Å². The molecular formula is C22H18O5. The first kappa shape index (κ1) is 17.0. The average Bonchev–Trinajstić information content (AvgIpc) is 2.70. The van der Waals surface area contributed by atoms with Gasteiger partial charge in [-0.05, 0) is 40.3 Å². The van der Waals surface area contributed by atoms with Crippen molar-refractivity contribution in [3.63, 3.8) is 0 Å². The number of carbonyl (C=O) groups excluding carboxylic acids is 1. The van der Waals surface area contributed by atoms with E-state index >= 15 is 0 Å². The van der Waals surface area contributed by atoms with Gasteiger partial charge < -0.3 is 19.3 Å². The van der Waals surface area contributed by atoms with Crippen LogP contribution in [0, 0.1) is 0 Å². The van der Waals surface area contributed by atoms with E-state index in [2.05, 4.69) is 0 Å². The summed E-state index contributed by atoms with van der Waals surface area (Å²) < 4.78 is 16.3. The van der Waals surface area contributed by atoms with Crippen LogP contribution in [0.4, 0.5) is 0 Å². The first-order valence-corrected chi connectivity index (χ1v) is 8.40. The molecular weight excluding hydrogens is 344 g/mol. The lowest BCUT2D eigenvalue weighted by Gasteiger charge is -2.19. The Labute approximate surface area is 156 Å². The molecule has 0 spiro atoms. The smallest absolute Gasteiger partial charge is 0.228 e. The molecule has 0 saturated heterocycles. The molecule has 0 amide bonds. The molecule has 0 aromatic heterocycles. The second kappa shape index (κ2) is 6.36. The van der Waals surface area contributed by atoms with Crippen molar-refractivity contribution in [2.45, 2.75) is 0 Å². The third-order valence-corrected chi connectivity index (χ3v) is 4.81. The largest absolute Gasteiger partial charge is 0.504 e. The van der Waals surface area contributed by atoms with Gasteiger partial charge in [-0.1, -0.05) is 30.3 Å². The molecule has 0 fully saturated rings. The monoisotopic (exact) mass is 362 g/mol. The van der Waals surface area contributed by atoms with E-state index in [1.165, 1.54) is 6.08 Å². The number of allylic oxidation sites excluding steroid dienone is 1. The van der Waals surface area contributed by atoms with Crippen molar-refractivity contribution in [1.29, 1.82) is 0 Å². The van der Waals surface area contributed by atoms with Gasteiger partial charge in [0.2, 0.25) is 11.5 Å². The van der Waals surface area contributed by atoms with Crippen LogP contribution in [0.2, 0.25) is 0 Å². The summed E-state index contributed by atoms with van der Waals surface area (Å²) in [5, 5.41) is 11.9. The second-order valence-electron chi connectivity index (χ2n) is 6.21. The minimum absolute atomic E-state index is 0.269. The number of Topliss-reactive ketones (excluding diaryl/α,β-unsaturated/α-hetero) is 1. The average molecular weight is 362 g/mol. The zero-order valence-electron chi connectivity index (χ0n) is 15.2. The van der Waals surface area contributed by atoms with E-state index < -0.39 is 5.78 Å². The number of rotatable bonds is 4. The summed E-state index contributed by atoms with van der Waals surface area (Å²) in [7, 11) is 4.63. The summed E-state index contributed by atoms with van der Waals surface area (Å²) >= 11 is 0. The van der Waals surface area contributed by atoms with Crippen molar-refractivity contribution in [2.75, 3.05) is 21.3 Å². The maximum Gasteiger partial charge on any atom is 0.228 e. The highest BCUT2D eigenvalue weighted by atomic mass is 16.5. The lowest BCUT2D eigenvalue weighted by Crippen LogP contribution is -2.10. The Kier molecular flexibility index (Phi) is 4.00. The van der Waals surface area contributed by atoms with Crippen LogP contribution in [-0.2, 0) is 0 Å². The molecule has 0 bridgehead atoms. The summed E-state index contributed by atoms with van der Waals surface area (Å²) in [5.41, 5.74) is 2.71. The number of hydrogen-bond donors (Lipinski definition) is 1. The van der Waals surface area contributed by atoms with Crippen LogP contribution in [0.25, 0.3) is 28.0 Å². The Bertz CT molecular complexity index is 1090. The molecule has 1 aliphatic rings. The molecule has 5 heteroatoms. The summed E-state index contributed by atoms with van der Waals surface area (Å²) in [4.78, 5) is 12.8. The number of hydrogen-bond acceptors (Lipinski definition) is 5. The Morgan fingerprint density at radius 2 is 1.59 bits per heavy atom. The molecule has 27 heavy (non-hydrogen) atoms. The Morgan fingerprint density at radius 3 is 2.22 bits per heavy atom. The van der Waals surface area contributed by atoms with Gasteiger partial charge in [-0.15, -0.1) is 0 Å². The first-order valence-electron chi connectivity index (χ1n) is 8.40. The number of benzene rings is 3. The Morgan fingerprint density at radius 1 is 0.889 bits per heavy atom. The number of methoxy groups -OCH3 is 3. The third kappa shape index (κ3) is 2.51. The molecule has 3 aromatic carbocycles. The molecule has 1 N–H and O–H groups in total. The lowest BCUT2D eigenvalue weighted by atomic mass is 9.85. The summed E-state index contributed by atoms with van der Waals surface area (Å²) in [6.07, 6.45) is 1.51. The molecule has 0 heterocycles. The summed E-state index contributed by atoms with van der Waals surface area (Å²) in [6, 6.07) is 13.2. The molecule has 3 aromatic rings. The summed E-state index contributed by atoms with van der Waals surface area (Å²) in [6.45, 7) is 0. The van der Waals surface area contributed by atoms with Crippen molar-refractivity contribution < 1.29 is 24.1 Å². The zero-order valence-corrected chi connectivity index (χ0v) is 15.2. The van der Waals surface area contributed by atoms with Gasteiger partial charge in [0.15, 0.2) is 17.3 Å². The fourth-order valence-corrected chi connectivity index (χ4v) is 3.58. The predicted octanol–water partition coefficient (Wildman–Crippen LogP) is 4.63. The first-order chi connectivity index (χ1) is 13.1. The lowest BCUT2D eigenvalue weighted by molar-refractivity contribution is 0.0981. The van der Waals surface area contributed by atoms with E-state index in [4.69, 9.17) is 14.2 Å². The highest BCUT2D eigenvalue weighted by Gasteiger charge is 2.26. The molecule has 0 radical (unpaired) electrons. The fourth-order valence-electron chi connectivity index (χ4n) is 3.58. The van der Waals surface area contributed by atoms with Gasteiger partial charge in [0.25, 0.3) is 0 Å². The van der Waals surface area contributed by atoms with Crippen molar-refractivity contribution in [2.24, 2.45) is 0 Å². The molecule has 0 saturated carbocycles. The molecule has 0 aliphatic heterocycles. The van der Waals surface area contributed by atoms with Gasteiger partial charge in [0, 0.05) is 10.9 Å². The van der Waals surface area contributed by atoms with E-state index in [-0.39, 0.29) is 5.76 Å². The minimum Gasteiger partial charge on any atom is -0.504 e. The molecule has 4 rings (SSSR count). The topological polar surface area (TPSA) is 65.0 Å². The quantitative estimate of drug-likeness (QED) is 0.733. The highest BCUT2D eigenvalue weighted by molar-refractivity contribution is 6.24. The van der Waals surface area contributed by atoms with Crippen LogP contribution in [0.15, 0.2) is 48.2 Å². The van der Waals surface area contributed by atoms with Gasteiger partial charge in [0.1, 0.15) is 0 Å². The van der Waals surface area contributed by atoms with E-state index in [9.17, 15) is 9.90 Å². The van der Waals surface area contributed by atoms with Crippen molar-refractivity contribution in [1.82, 2.24) is 0 Å². The van der Waals surface area contributed by atoms with Crippen LogP contribution in [0.3, 0.4) is 0 Å². The molecule has 0 unspecified atom stereocenters. The number of ether oxygens (including phenoxy) is 3.